The number of aliphatic hydroxyl groups excluding tert-OH is 1. The van der Waals surface area contributed by atoms with Gasteiger partial charge in [0.1, 0.15) is 12.7 Å². The van der Waals surface area contributed by atoms with Gasteiger partial charge in [-0.3, -0.25) is 10.00 Å². The van der Waals surface area contributed by atoms with Crippen molar-refractivity contribution >= 4 is 0 Å². The molecule has 0 bridgehead atoms. The number of hydrogen-bond acceptors (Lipinski definition) is 7. The molecule has 2 aromatic rings. The standard InChI is InChI=1S/C24H39N5O3/c1-18-22(19(2)26-25-18)8-9-28(4)15-20-6-7-23(31-5)24(14-20)32-17-21(30)16-29-12-10-27(3)11-13-29/h6-7,14,21,30H,8-13,15-17H2,1-5H3,(H,25,26)/t21-/m1/s1. The molecule has 0 spiro atoms. The number of rotatable bonds is 11. The minimum absolute atomic E-state index is 0.251. The molecule has 1 aromatic carbocycles. The molecule has 1 aliphatic heterocycles. The van der Waals surface area contributed by atoms with E-state index in [0.717, 1.165) is 62.6 Å². The Hall–Kier alpha value is -2.13. The molecule has 0 aliphatic carbocycles. The molecule has 1 atom stereocenters. The minimum atomic E-state index is -0.532. The fourth-order valence-electron chi connectivity index (χ4n) is 4.14. The fourth-order valence-corrected chi connectivity index (χ4v) is 4.14. The second-order valence-electron chi connectivity index (χ2n) is 8.95. The van der Waals surface area contributed by atoms with Gasteiger partial charge < -0.3 is 24.4 Å². The molecule has 0 amide bonds. The van der Waals surface area contributed by atoms with Crippen LogP contribution in [0.5, 0.6) is 11.5 Å². The molecule has 8 heteroatoms. The molecular weight excluding hydrogens is 406 g/mol. The monoisotopic (exact) mass is 445 g/mol. The average molecular weight is 446 g/mol. The third-order valence-corrected chi connectivity index (χ3v) is 6.20. The van der Waals surface area contributed by atoms with E-state index >= 15 is 0 Å². The van der Waals surface area contributed by atoms with Crippen molar-refractivity contribution in [2.24, 2.45) is 0 Å². The third kappa shape index (κ3) is 6.93. The quantitative estimate of drug-likeness (QED) is 0.545. The summed E-state index contributed by atoms with van der Waals surface area (Å²) in [6.07, 6.45) is 0.429. The Morgan fingerprint density at radius 2 is 1.94 bits per heavy atom. The lowest BCUT2D eigenvalue weighted by atomic mass is 10.1. The van der Waals surface area contributed by atoms with Crippen molar-refractivity contribution in [2.75, 3.05) is 67.1 Å². The number of piperazine rings is 1. The van der Waals surface area contributed by atoms with Crippen molar-refractivity contribution in [1.29, 1.82) is 0 Å². The van der Waals surface area contributed by atoms with Crippen LogP contribution < -0.4 is 9.47 Å². The maximum atomic E-state index is 10.5. The molecule has 3 rings (SSSR count). The van der Waals surface area contributed by atoms with Gasteiger partial charge >= 0.3 is 0 Å². The fraction of sp³-hybridized carbons (Fsp3) is 0.625. The summed E-state index contributed by atoms with van der Waals surface area (Å²) in [7, 11) is 5.90. The highest BCUT2D eigenvalue weighted by Gasteiger charge is 2.18. The molecule has 0 radical (unpaired) electrons. The number of aryl methyl sites for hydroxylation is 2. The number of hydrogen-bond donors (Lipinski definition) is 2. The summed E-state index contributed by atoms with van der Waals surface area (Å²) in [5, 5.41) is 17.8. The molecule has 1 aromatic heterocycles. The highest BCUT2D eigenvalue weighted by molar-refractivity contribution is 5.43. The minimum Gasteiger partial charge on any atom is -0.493 e. The zero-order chi connectivity index (χ0) is 23.1. The maximum Gasteiger partial charge on any atom is 0.161 e. The number of aromatic nitrogens is 2. The zero-order valence-electron chi connectivity index (χ0n) is 20.2. The largest absolute Gasteiger partial charge is 0.493 e. The van der Waals surface area contributed by atoms with E-state index in [1.807, 2.05) is 19.1 Å². The Balaban J connectivity index is 1.51. The summed E-state index contributed by atoms with van der Waals surface area (Å²) >= 11 is 0. The number of methoxy groups -OCH3 is 1. The SMILES string of the molecule is COc1ccc(CN(C)CCc2c(C)n[nH]c2C)cc1OC[C@H](O)CN1CCN(C)CC1. The van der Waals surface area contributed by atoms with E-state index in [4.69, 9.17) is 9.47 Å². The number of ether oxygens (including phenoxy) is 2. The Bertz CT molecular complexity index is 829. The molecule has 0 unspecified atom stereocenters. The van der Waals surface area contributed by atoms with Crippen LogP contribution in [0.15, 0.2) is 18.2 Å². The first-order valence-corrected chi connectivity index (χ1v) is 11.4. The predicted molar refractivity (Wildman–Crippen MR) is 127 cm³/mol. The van der Waals surface area contributed by atoms with E-state index in [-0.39, 0.29) is 6.61 Å². The van der Waals surface area contributed by atoms with Crippen molar-refractivity contribution in [3.05, 3.63) is 40.7 Å². The first kappa shape index (κ1) is 24.5. The van der Waals surface area contributed by atoms with E-state index in [2.05, 4.69) is 52.0 Å². The normalized spacial score (nSPS) is 16.5. The van der Waals surface area contributed by atoms with Gasteiger partial charge in [0.15, 0.2) is 11.5 Å². The van der Waals surface area contributed by atoms with Gasteiger partial charge in [0.05, 0.1) is 12.8 Å². The number of benzene rings is 1. The molecule has 1 saturated heterocycles. The number of nitrogens with one attached hydrogen (secondary N) is 1. The van der Waals surface area contributed by atoms with Crippen molar-refractivity contribution in [3.8, 4) is 11.5 Å². The first-order chi connectivity index (χ1) is 15.4. The van der Waals surface area contributed by atoms with Crippen molar-refractivity contribution in [1.82, 2.24) is 24.9 Å². The van der Waals surface area contributed by atoms with Gasteiger partial charge in [-0.25, -0.2) is 0 Å². The average Bonchev–Trinajstić information content (AvgIpc) is 3.10. The highest BCUT2D eigenvalue weighted by Crippen LogP contribution is 2.28. The van der Waals surface area contributed by atoms with Crippen molar-refractivity contribution in [2.45, 2.75) is 32.9 Å². The summed E-state index contributed by atoms with van der Waals surface area (Å²) in [5.41, 5.74) is 4.67. The molecule has 178 valence electrons. The number of likely N-dealkylation sites (N-methyl/N-ethyl adjacent to an activating group) is 2. The van der Waals surface area contributed by atoms with Crippen LogP contribution in [0.4, 0.5) is 0 Å². The molecular formula is C24H39N5O3. The summed E-state index contributed by atoms with van der Waals surface area (Å²) in [5.74, 6) is 1.37. The Kier molecular flexibility index (Phi) is 8.92. The first-order valence-electron chi connectivity index (χ1n) is 11.4. The van der Waals surface area contributed by atoms with Gasteiger partial charge in [-0.1, -0.05) is 6.07 Å². The van der Waals surface area contributed by atoms with Crippen molar-refractivity contribution < 1.29 is 14.6 Å². The Morgan fingerprint density at radius 1 is 1.19 bits per heavy atom. The molecule has 0 saturated carbocycles. The summed E-state index contributed by atoms with van der Waals surface area (Å²) in [6.45, 7) is 10.8. The lowest BCUT2D eigenvalue weighted by molar-refractivity contribution is 0.0497. The number of aromatic amines is 1. The number of β-amino-alcohol motifs (C(OH)–C–C–N with tert-alkyl or cyclic N) is 1. The molecule has 32 heavy (non-hydrogen) atoms. The summed E-state index contributed by atoms with van der Waals surface area (Å²) < 4.78 is 11.5. The van der Waals surface area contributed by atoms with Gasteiger partial charge in [-0.2, -0.15) is 5.10 Å². The predicted octanol–water partition coefficient (Wildman–Crippen LogP) is 1.70. The van der Waals surface area contributed by atoms with E-state index < -0.39 is 6.10 Å². The van der Waals surface area contributed by atoms with Gasteiger partial charge in [0, 0.05) is 51.5 Å². The van der Waals surface area contributed by atoms with Gasteiger partial charge in [0.2, 0.25) is 0 Å². The Labute approximate surface area is 192 Å². The van der Waals surface area contributed by atoms with E-state index in [0.29, 0.717) is 18.0 Å². The van der Waals surface area contributed by atoms with Gasteiger partial charge in [-0.15, -0.1) is 0 Å². The van der Waals surface area contributed by atoms with Crippen LogP contribution >= 0.6 is 0 Å². The topological polar surface area (TPSA) is 77.1 Å². The highest BCUT2D eigenvalue weighted by atomic mass is 16.5. The second kappa shape index (κ2) is 11.7. The van der Waals surface area contributed by atoms with Crippen LogP contribution in [-0.2, 0) is 13.0 Å². The molecule has 8 nitrogen and oxygen atoms in total. The maximum absolute atomic E-state index is 10.5. The summed E-state index contributed by atoms with van der Waals surface area (Å²) in [4.78, 5) is 6.89. The van der Waals surface area contributed by atoms with Crippen LogP contribution in [0.25, 0.3) is 0 Å². The lowest BCUT2D eigenvalue weighted by Gasteiger charge is -2.33. The Morgan fingerprint density at radius 3 is 2.59 bits per heavy atom. The molecule has 1 aliphatic rings. The smallest absolute Gasteiger partial charge is 0.161 e. The van der Waals surface area contributed by atoms with Crippen molar-refractivity contribution in [3.63, 3.8) is 0 Å². The lowest BCUT2D eigenvalue weighted by Crippen LogP contribution is -2.47. The van der Waals surface area contributed by atoms with Crippen LogP contribution in [0, 0.1) is 13.8 Å². The van der Waals surface area contributed by atoms with Crippen LogP contribution in [0.3, 0.4) is 0 Å². The van der Waals surface area contributed by atoms with Crippen LogP contribution in [0.2, 0.25) is 0 Å². The molecule has 2 heterocycles. The number of nitrogens with zero attached hydrogens (tertiary/aromatic N) is 4. The van der Waals surface area contributed by atoms with Crippen LogP contribution in [-0.4, -0.2) is 103 Å². The van der Waals surface area contributed by atoms with Gasteiger partial charge in [0.25, 0.3) is 0 Å². The van der Waals surface area contributed by atoms with E-state index in [1.54, 1.807) is 7.11 Å². The zero-order valence-corrected chi connectivity index (χ0v) is 20.2. The van der Waals surface area contributed by atoms with E-state index in [9.17, 15) is 5.11 Å². The van der Waals surface area contributed by atoms with Crippen LogP contribution in [0.1, 0.15) is 22.5 Å². The summed E-state index contributed by atoms with van der Waals surface area (Å²) in [6, 6.07) is 6.03. The number of aliphatic hydroxyl groups is 1. The third-order valence-electron chi connectivity index (χ3n) is 6.20. The second-order valence-corrected chi connectivity index (χ2v) is 8.95. The van der Waals surface area contributed by atoms with E-state index in [1.165, 1.54) is 5.56 Å². The molecule has 1 fully saturated rings. The molecule has 2 N–H and O–H groups in total. The van der Waals surface area contributed by atoms with Gasteiger partial charge in [-0.05, 0) is 57.6 Å². The number of H-pyrrole nitrogens is 1.